The Bertz CT molecular complexity index is 949. The molecule has 0 bridgehead atoms. The number of likely N-dealkylation sites (N-methyl/N-ethyl adjacent to an activating group) is 1. The average Bonchev–Trinajstić information content (AvgIpc) is 2.61. The molecule has 10 nitrogen and oxygen atoms in total. The number of nitrogens with two attached hydrogens (primary N) is 1. The molecule has 144 valence electrons. The van der Waals surface area contributed by atoms with E-state index in [9.17, 15) is 28.6 Å². The molecule has 0 saturated carbocycles. The summed E-state index contributed by atoms with van der Waals surface area (Å²) >= 11 is 0. The van der Waals surface area contributed by atoms with Crippen molar-refractivity contribution in [1.29, 1.82) is 0 Å². The van der Waals surface area contributed by atoms with Crippen LogP contribution in [0.15, 0.2) is 53.4 Å². The molecule has 0 aliphatic heterocycles. The highest BCUT2D eigenvalue weighted by Gasteiger charge is 2.32. The lowest BCUT2D eigenvalue weighted by atomic mass is 10.1. The topological polar surface area (TPSA) is 150 Å². The van der Waals surface area contributed by atoms with Gasteiger partial charge in [-0.15, -0.1) is 0 Å². The zero-order chi connectivity index (χ0) is 20.2. The van der Waals surface area contributed by atoms with Gasteiger partial charge in [0.2, 0.25) is 10.0 Å². The van der Waals surface area contributed by atoms with E-state index < -0.39 is 42.2 Å². The Morgan fingerprint density at radius 2 is 1.70 bits per heavy atom. The summed E-state index contributed by atoms with van der Waals surface area (Å²) in [6, 6.07) is 11.1. The van der Waals surface area contributed by atoms with E-state index in [-0.39, 0.29) is 6.54 Å². The first-order chi connectivity index (χ1) is 12.6. The number of rotatable bonds is 8. The molecule has 1 atom stereocenters. The first-order valence-corrected chi connectivity index (χ1v) is 9.25. The minimum Gasteiger partial charge on any atom is -0.326 e. The molecule has 0 aliphatic rings. The first kappa shape index (κ1) is 20.4. The third kappa shape index (κ3) is 4.84. The predicted octanol–water partition coefficient (Wildman–Crippen LogP) is 1.69. The van der Waals surface area contributed by atoms with Gasteiger partial charge in [-0.05, 0) is 18.1 Å². The summed E-state index contributed by atoms with van der Waals surface area (Å²) in [6.07, 6.45) is 0.420. The first-order valence-electron chi connectivity index (χ1n) is 7.81. The summed E-state index contributed by atoms with van der Waals surface area (Å²) in [7, 11) is -3.00. The van der Waals surface area contributed by atoms with Crippen molar-refractivity contribution in [2.45, 2.75) is 17.4 Å². The second-order valence-corrected chi connectivity index (χ2v) is 7.91. The van der Waals surface area contributed by atoms with E-state index in [1.807, 2.05) is 30.3 Å². The number of hydrogen-bond acceptors (Lipinski definition) is 7. The van der Waals surface area contributed by atoms with Crippen molar-refractivity contribution in [3.05, 3.63) is 74.3 Å². The van der Waals surface area contributed by atoms with Crippen LogP contribution >= 0.6 is 0 Å². The Morgan fingerprint density at radius 1 is 1.07 bits per heavy atom. The third-order valence-corrected chi connectivity index (χ3v) is 5.74. The van der Waals surface area contributed by atoms with Crippen LogP contribution in [0.25, 0.3) is 0 Å². The minimum atomic E-state index is -4.26. The third-order valence-electron chi connectivity index (χ3n) is 3.87. The van der Waals surface area contributed by atoms with Crippen LogP contribution in [0.1, 0.15) is 5.56 Å². The van der Waals surface area contributed by atoms with Crippen molar-refractivity contribution < 1.29 is 18.3 Å². The Hall–Kier alpha value is -2.89. The minimum absolute atomic E-state index is 0.0780. The summed E-state index contributed by atoms with van der Waals surface area (Å²) in [5.74, 6) is 0. The number of sulfonamides is 1. The molecular weight excluding hydrogens is 376 g/mol. The van der Waals surface area contributed by atoms with Gasteiger partial charge in [0, 0.05) is 25.7 Å². The highest BCUT2D eigenvalue weighted by atomic mass is 32.2. The lowest BCUT2D eigenvalue weighted by Gasteiger charge is -2.21. The average molecular weight is 394 g/mol. The van der Waals surface area contributed by atoms with Gasteiger partial charge in [0.25, 0.3) is 11.4 Å². The van der Waals surface area contributed by atoms with Crippen LogP contribution < -0.4 is 5.73 Å². The van der Waals surface area contributed by atoms with Gasteiger partial charge in [-0.1, -0.05) is 30.3 Å². The van der Waals surface area contributed by atoms with E-state index in [1.165, 1.54) is 7.05 Å². The maximum atomic E-state index is 12.7. The van der Waals surface area contributed by atoms with Gasteiger partial charge < -0.3 is 5.73 Å². The monoisotopic (exact) mass is 394 g/mol. The van der Waals surface area contributed by atoms with E-state index in [0.29, 0.717) is 12.5 Å². The van der Waals surface area contributed by atoms with Crippen LogP contribution in [0.4, 0.5) is 11.4 Å². The van der Waals surface area contributed by atoms with Crippen molar-refractivity contribution in [2.24, 2.45) is 5.73 Å². The second-order valence-electron chi connectivity index (χ2n) is 5.90. The molecule has 0 spiro atoms. The van der Waals surface area contributed by atoms with Crippen molar-refractivity contribution in [1.82, 2.24) is 4.31 Å². The summed E-state index contributed by atoms with van der Waals surface area (Å²) < 4.78 is 26.4. The zero-order valence-corrected chi connectivity index (χ0v) is 15.2. The Labute approximate surface area is 155 Å². The van der Waals surface area contributed by atoms with Gasteiger partial charge in [-0.3, -0.25) is 20.2 Å². The molecule has 27 heavy (non-hydrogen) atoms. The maximum absolute atomic E-state index is 12.7. The normalized spacial score (nSPS) is 12.7. The fourth-order valence-corrected chi connectivity index (χ4v) is 3.92. The second kappa shape index (κ2) is 8.20. The molecule has 2 aromatic rings. The Morgan fingerprint density at radius 3 is 2.26 bits per heavy atom. The summed E-state index contributed by atoms with van der Waals surface area (Å²) in [5, 5.41) is 22.0. The molecule has 2 aromatic carbocycles. The van der Waals surface area contributed by atoms with Crippen molar-refractivity contribution in [3.63, 3.8) is 0 Å². The molecule has 0 amide bonds. The SMILES string of the molecule is CN(C[C@@H](N)Cc1ccccc1)S(=O)(=O)c1ccc([N+](=O)[O-])cc1[N+](=O)[O-]. The van der Waals surface area contributed by atoms with Crippen LogP contribution in [0, 0.1) is 20.2 Å². The fraction of sp³-hybridized carbons (Fsp3) is 0.250. The van der Waals surface area contributed by atoms with Crippen LogP contribution in [0.5, 0.6) is 0 Å². The molecule has 0 unspecified atom stereocenters. The molecule has 0 aliphatic carbocycles. The zero-order valence-electron chi connectivity index (χ0n) is 14.4. The summed E-state index contributed by atoms with van der Waals surface area (Å²) in [4.78, 5) is 19.6. The molecular formula is C16H18N4O6S. The largest absolute Gasteiger partial charge is 0.326 e. The Kier molecular flexibility index (Phi) is 6.20. The number of benzene rings is 2. The number of hydrogen-bond donors (Lipinski definition) is 1. The number of nitro benzene ring substituents is 2. The van der Waals surface area contributed by atoms with Crippen molar-refractivity contribution >= 4 is 21.4 Å². The molecule has 11 heteroatoms. The van der Waals surface area contributed by atoms with Crippen LogP contribution in [-0.2, 0) is 16.4 Å². The number of nitrogens with zero attached hydrogens (tertiary/aromatic N) is 3. The van der Waals surface area contributed by atoms with Gasteiger partial charge in [0.05, 0.1) is 15.9 Å². The van der Waals surface area contributed by atoms with Gasteiger partial charge in [0.1, 0.15) is 0 Å². The predicted molar refractivity (Wildman–Crippen MR) is 97.7 cm³/mol. The maximum Gasteiger partial charge on any atom is 0.296 e. The van der Waals surface area contributed by atoms with Crippen LogP contribution in [-0.4, -0.2) is 42.2 Å². The highest BCUT2D eigenvalue weighted by Crippen LogP contribution is 2.30. The van der Waals surface area contributed by atoms with Gasteiger partial charge in [-0.2, -0.15) is 4.31 Å². The fourth-order valence-electron chi connectivity index (χ4n) is 2.56. The summed E-state index contributed by atoms with van der Waals surface area (Å²) in [5.41, 5.74) is 5.52. The van der Waals surface area contributed by atoms with Gasteiger partial charge >= 0.3 is 0 Å². The Balaban J connectivity index is 2.26. The van der Waals surface area contributed by atoms with E-state index in [1.54, 1.807) is 0 Å². The van der Waals surface area contributed by atoms with Crippen molar-refractivity contribution in [3.8, 4) is 0 Å². The van der Waals surface area contributed by atoms with Gasteiger partial charge in [-0.25, -0.2) is 8.42 Å². The lowest BCUT2D eigenvalue weighted by molar-refractivity contribution is -0.396. The van der Waals surface area contributed by atoms with Gasteiger partial charge in [0.15, 0.2) is 4.90 Å². The number of non-ortho nitro benzene ring substituents is 1. The van der Waals surface area contributed by atoms with E-state index in [0.717, 1.165) is 22.0 Å². The van der Waals surface area contributed by atoms with E-state index in [2.05, 4.69) is 0 Å². The molecule has 0 saturated heterocycles. The molecule has 0 fully saturated rings. The number of nitro groups is 2. The lowest BCUT2D eigenvalue weighted by Crippen LogP contribution is -2.40. The smallest absolute Gasteiger partial charge is 0.296 e. The molecule has 2 rings (SSSR count). The molecule has 2 N–H and O–H groups in total. The quantitative estimate of drug-likeness (QED) is 0.528. The molecule has 0 aromatic heterocycles. The molecule has 0 radical (unpaired) electrons. The highest BCUT2D eigenvalue weighted by molar-refractivity contribution is 7.89. The van der Waals surface area contributed by atoms with Crippen LogP contribution in [0.2, 0.25) is 0 Å². The standard InChI is InChI=1S/C16H18N4O6S/c1-18(11-13(17)9-12-5-3-2-4-6-12)27(25,26)16-8-7-14(19(21)22)10-15(16)20(23)24/h2-8,10,13H,9,11,17H2,1H3/t13-/m0/s1. The van der Waals surface area contributed by atoms with Crippen LogP contribution in [0.3, 0.4) is 0 Å². The van der Waals surface area contributed by atoms with E-state index >= 15 is 0 Å². The molecule has 0 heterocycles. The van der Waals surface area contributed by atoms with E-state index in [4.69, 9.17) is 5.73 Å². The summed E-state index contributed by atoms with van der Waals surface area (Å²) in [6.45, 7) is -0.0780. The van der Waals surface area contributed by atoms with Crippen molar-refractivity contribution in [2.75, 3.05) is 13.6 Å².